The lowest BCUT2D eigenvalue weighted by Gasteiger charge is -2.22. The van der Waals surface area contributed by atoms with Gasteiger partial charge in [0.1, 0.15) is 6.04 Å². The monoisotopic (exact) mass is 258 g/mol. The van der Waals surface area contributed by atoms with E-state index in [0.29, 0.717) is 11.6 Å². The zero-order valence-electron chi connectivity index (χ0n) is 9.57. The molecule has 1 aromatic carbocycles. The maximum Gasteiger partial charge on any atom is 0.101 e. The van der Waals surface area contributed by atoms with Crippen LogP contribution in [-0.4, -0.2) is 11.5 Å². The first-order chi connectivity index (χ1) is 8.84. The van der Waals surface area contributed by atoms with Crippen molar-refractivity contribution in [3.63, 3.8) is 0 Å². The molecule has 3 rings (SSSR count). The van der Waals surface area contributed by atoms with E-state index in [2.05, 4.69) is 15.3 Å². The lowest BCUT2D eigenvalue weighted by molar-refractivity contribution is 0.731. The molecule has 0 bridgehead atoms. The van der Waals surface area contributed by atoms with Gasteiger partial charge in [-0.3, -0.25) is 4.98 Å². The zero-order chi connectivity index (χ0) is 12.4. The van der Waals surface area contributed by atoms with Crippen molar-refractivity contribution in [1.82, 2.24) is 4.98 Å². The molecule has 0 spiro atoms. The van der Waals surface area contributed by atoms with E-state index >= 15 is 0 Å². The summed E-state index contributed by atoms with van der Waals surface area (Å²) in [5.74, 6) is 0. The number of halogens is 1. The molecular weight excluding hydrogens is 248 g/mol. The van der Waals surface area contributed by atoms with E-state index in [1.165, 1.54) is 0 Å². The van der Waals surface area contributed by atoms with Crippen molar-refractivity contribution in [3.05, 3.63) is 59.4 Å². The van der Waals surface area contributed by atoms with Crippen LogP contribution in [-0.2, 0) is 0 Å². The van der Waals surface area contributed by atoms with Gasteiger partial charge in [0.15, 0.2) is 0 Å². The smallest absolute Gasteiger partial charge is 0.101 e. The normalized spacial score (nSPS) is 18.3. The van der Waals surface area contributed by atoms with Crippen LogP contribution in [0.3, 0.4) is 0 Å². The van der Waals surface area contributed by atoms with Crippen molar-refractivity contribution < 1.29 is 0 Å². The fraction of sp³-hybridized carbons (Fsp3) is 0.154. The number of pyridine rings is 1. The molecule has 2 aromatic rings. The lowest BCUT2D eigenvalue weighted by Crippen LogP contribution is -2.20. The van der Waals surface area contributed by atoms with Gasteiger partial charge in [0.05, 0.1) is 12.2 Å². The van der Waals surface area contributed by atoms with Gasteiger partial charge in [0.2, 0.25) is 0 Å². The molecule has 0 fully saturated rings. The first kappa shape index (κ1) is 11.2. The number of anilines is 1. The maximum atomic E-state index is 6.01. The number of rotatable bonds is 2. The van der Waals surface area contributed by atoms with E-state index in [-0.39, 0.29) is 6.04 Å². The van der Waals surface area contributed by atoms with E-state index in [1.54, 1.807) is 12.4 Å². The molecule has 0 saturated carbocycles. The van der Waals surface area contributed by atoms with E-state index in [0.717, 1.165) is 11.3 Å². The standard InChI is InChI=1S/C13H11ClN4/c14-11-2-1-3-12(8-11)18-13(9-16-17-18)10-4-6-15-7-5-10/h1-8,13H,9H2/t13-/m0/s1. The molecule has 5 heteroatoms. The zero-order valence-corrected chi connectivity index (χ0v) is 10.3. The highest BCUT2D eigenvalue weighted by atomic mass is 35.5. The Balaban J connectivity index is 1.94. The van der Waals surface area contributed by atoms with Crippen molar-refractivity contribution in [2.75, 3.05) is 11.6 Å². The second-order valence-corrected chi connectivity index (χ2v) is 4.47. The fourth-order valence-corrected chi connectivity index (χ4v) is 2.19. The summed E-state index contributed by atoms with van der Waals surface area (Å²) in [6.07, 6.45) is 3.56. The third kappa shape index (κ3) is 2.07. The summed E-state index contributed by atoms with van der Waals surface area (Å²) in [6, 6.07) is 11.7. The van der Waals surface area contributed by atoms with Crippen molar-refractivity contribution in [2.45, 2.75) is 6.04 Å². The first-order valence-electron chi connectivity index (χ1n) is 5.67. The van der Waals surface area contributed by atoms with Gasteiger partial charge >= 0.3 is 0 Å². The molecule has 1 aromatic heterocycles. The molecule has 1 aliphatic heterocycles. The van der Waals surface area contributed by atoms with Gasteiger partial charge in [-0.15, -0.1) is 0 Å². The highest BCUT2D eigenvalue weighted by Crippen LogP contribution is 2.32. The molecule has 18 heavy (non-hydrogen) atoms. The van der Waals surface area contributed by atoms with Gasteiger partial charge in [-0.25, -0.2) is 5.01 Å². The molecule has 4 nitrogen and oxygen atoms in total. The number of nitrogens with zero attached hydrogens (tertiary/aromatic N) is 4. The Kier molecular flexibility index (Phi) is 2.94. The fourth-order valence-electron chi connectivity index (χ4n) is 2.00. The minimum absolute atomic E-state index is 0.117. The SMILES string of the molecule is Clc1cccc(N2N=NC[C@H]2c2ccncc2)c1. The number of benzene rings is 1. The number of hydrogen-bond acceptors (Lipinski definition) is 4. The second kappa shape index (κ2) is 4.74. The van der Waals surface area contributed by atoms with Crippen molar-refractivity contribution >= 4 is 17.3 Å². The maximum absolute atomic E-state index is 6.01. The van der Waals surface area contributed by atoms with E-state index in [4.69, 9.17) is 11.6 Å². The van der Waals surface area contributed by atoms with Crippen LogP contribution in [0.25, 0.3) is 0 Å². The summed E-state index contributed by atoms with van der Waals surface area (Å²) < 4.78 is 0. The minimum Gasteiger partial charge on any atom is -0.265 e. The predicted molar refractivity (Wildman–Crippen MR) is 70.6 cm³/mol. The summed E-state index contributed by atoms with van der Waals surface area (Å²) in [5.41, 5.74) is 2.10. The van der Waals surface area contributed by atoms with Crippen LogP contribution < -0.4 is 5.01 Å². The van der Waals surface area contributed by atoms with Crippen LogP contribution in [0.4, 0.5) is 5.69 Å². The molecule has 0 amide bonds. The highest BCUT2D eigenvalue weighted by molar-refractivity contribution is 6.30. The Hall–Kier alpha value is -1.94. The van der Waals surface area contributed by atoms with Crippen molar-refractivity contribution in [2.24, 2.45) is 10.3 Å². The topological polar surface area (TPSA) is 40.9 Å². The average Bonchev–Trinajstić information content (AvgIpc) is 2.89. The van der Waals surface area contributed by atoms with Crippen LogP contribution in [0.1, 0.15) is 11.6 Å². The van der Waals surface area contributed by atoms with Crippen molar-refractivity contribution in [1.29, 1.82) is 0 Å². The summed E-state index contributed by atoms with van der Waals surface area (Å²) >= 11 is 6.01. The van der Waals surface area contributed by atoms with Crippen LogP contribution in [0, 0.1) is 0 Å². The minimum atomic E-state index is 0.117. The summed E-state index contributed by atoms with van der Waals surface area (Å²) in [6.45, 7) is 0.649. The van der Waals surface area contributed by atoms with Gasteiger partial charge in [0.25, 0.3) is 0 Å². The molecule has 0 radical (unpaired) electrons. The third-order valence-electron chi connectivity index (χ3n) is 2.87. The van der Waals surface area contributed by atoms with Gasteiger partial charge in [-0.05, 0) is 35.9 Å². The third-order valence-corrected chi connectivity index (χ3v) is 3.11. The van der Waals surface area contributed by atoms with Crippen LogP contribution in [0.5, 0.6) is 0 Å². The van der Waals surface area contributed by atoms with E-state index < -0.39 is 0 Å². The largest absolute Gasteiger partial charge is 0.265 e. The van der Waals surface area contributed by atoms with Crippen LogP contribution in [0.15, 0.2) is 59.1 Å². The molecule has 0 saturated heterocycles. The van der Waals surface area contributed by atoms with Gasteiger partial charge in [-0.1, -0.05) is 22.9 Å². The summed E-state index contributed by atoms with van der Waals surface area (Å²) in [7, 11) is 0. The molecule has 0 unspecified atom stereocenters. The lowest BCUT2D eigenvalue weighted by atomic mass is 10.1. The number of hydrogen-bond donors (Lipinski definition) is 0. The average molecular weight is 259 g/mol. The van der Waals surface area contributed by atoms with E-state index in [9.17, 15) is 0 Å². The highest BCUT2D eigenvalue weighted by Gasteiger charge is 2.25. The van der Waals surface area contributed by atoms with Gasteiger partial charge < -0.3 is 0 Å². The molecule has 1 aliphatic rings. The Bertz CT molecular complexity index is 570. The molecule has 0 aliphatic carbocycles. The Morgan fingerprint density at radius 3 is 2.78 bits per heavy atom. The second-order valence-electron chi connectivity index (χ2n) is 4.03. The van der Waals surface area contributed by atoms with Gasteiger partial charge in [-0.2, -0.15) is 5.11 Å². The van der Waals surface area contributed by atoms with Crippen LogP contribution >= 0.6 is 11.6 Å². The summed E-state index contributed by atoms with van der Waals surface area (Å²) in [5, 5.41) is 10.9. The molecule has 0 N–H and O–H groups in total. The van der Waals surface area contributed by atoms with Gasteiger partial charge in [0, 0.05) is 17.4 Å². The van der Waals surface area contributed by atoms with Crippen LogP contribution in [0.2, 0.25) is 5.02 Å². The summed E-state index contributed by atoms with van der Waals surface area (Å²) in [4.78, 5) is 4.03. The Morgan fingerprint density at radius 1 is 1.17 bits per heavy atom. The number of aromatic nitrogens is 1. The predicted octanol–water partition coefficient (Wildman–Crippen LogP) is 3.66. The molecular formula is C13H11ClN4. The Morgan fingerprint density at radius 2 is 2.00 bits per heavy atom. The Labute approximate surface area is 110 Å². The molecule has 90 valence electrons. The first-order valence-corrected chi connectivity index (χ1v) is 6.04. The molecule has 1 atom stereocenters. The van der Waals surface area contributed by atoms with Crippen molar-refractivity contribution in [3.8, 4) is 0 Å². The molecule has 2 heterocycles. The quantitative estimate of drug-likeness (QED) is 0.825. The van der Waals surface area contributed by atoms with E-state index in [1.807, 2.05) is 41.4 Å².